The fourth-order valence-corrected chi connectivity index (χ4v) is 5.09. The second-order valence-corrected chi connectivity index (χ2v) is 9.18. The monoisotopic (exact) mass is 457 g/mol. The summed E-state index contributed by atoms with van der Waals surface area (Å²) in [5, 5.41) is 4.71. The highest BCUT2D eigenvalue weighted by atomic mass is 16.5. The highest BCUT2D eigenvalue weighted by molar-refractivity contribution is 5.91. The summed E-state index contributed by atoms with van der Waals surface area (Å²) in [6, 6.07) is 9.06. The quantitative estimate of drug-likeness (QED) is 0.489. The van der Waals surface area contributed by atoms with Crippen molar-refractivity contribution in [2.24, 2.45) is 0 Å². The van der Waals surface area contributed by atoms with Crippen LogP contribution in [-0.4, -0.2) is 75.6 Å². The summed E-state index contributed by atoms with van der Waals surface area (Å²) in [6.45, 7) is 9.08. The van der Waals surface area contributed by atoms with E-state index in [1.54, 1.807) is 0 Å². The minimum Gasteiger partial charge on any atom is -0.378 e. The molecule has 0 radical (unpaired) electrons. The minimum absolute atomic E-state index is 0.466. The van der Waals surface area contributed by atoms with E-state index in [9.17, 15) is 0 Å². The van der Waals surface area contributed by atoms with E-state index in [-0.39, 0.29) is 0 Å². The van der Waals surface area contributed by atoms with Gasteiger partial charge in [0.2, 0.25) is 0 Å². The molecule has 2 aliphatic rings. The van der Waals surface area contributed by atoms with Crippen molar-refractivity contribution in [2.75, 3.05) is 50.8 Å². The summed E-state index contributed by atoms with van der Waals surface area (Å²) in [5.74, 6) is 0. The van der Waals surface area contributed by atoms with Crippen molar-refractivity contribution in [2.45, 2.75) is 25.8 Å². The third-order valence-corrected chi connectivity index (χ3v) is 7.21. The van der Waals surface area contributed by atoms with E-state index in [0.717, 1.165) is 92.3 Å². The van der Waals surface area contributed by atoms with Crippen LogP contribution in [0.2, 0.25) is 0 Å². The number of aromatic amines is 1. The number of nitrogens with one attached hydrogen (secondary N) is 1. The zero-order valence-corrected chi connectivity index (χ0v) is 19.7. The van der Waals surface area contributed by atoms with Crippen LogP contribution in [0.4, 0.5) is 5.69 Å². The molecule has 2 aliphatic heterocycles. The van der Waals surface area contributed by atoms with Crippen molar-refractivity contribution >= 4 is 16.9 Å². The summed E-state index contributed by atoms with van der Waals surface area (Å²) >= 11 is 0. The summed E-state index contributed by atoms with van der Waals surface area (Å²) < 4.78 is 7.61. The Bertz CT molecular complexity index is 1250. The number of hydrogen-bond donors (Lipinski definition) is 1. The van der Waals surface area contributed by atoms with Gasteiger partial charge in [0.05, 0.1) is 37.3 Å². The second-order valence-electron chi connectivity index (χ2n) is 9.18. The first kappa shape index (κ1) is 21.3. The molecule has 8 nitrogen and oxygen atoms in total. The van der Waals surface area contributed by atoms with Crippen molar-refractivity contribution in [3.63, 3.8) is 0 Å². The number of anilines is 1. The van der Waals surface area contributed by atoms with Gasteiger partial charge in [0.15, 0.2) is 5.65 Å². The molecule has 1 N–H and O–H groups in total. The van der Waals surface area contributed by atoms with Gasteiger partial charge in [-0.2, -0.15) is 5.10 Å². The molecule has 6 rings (SSSR count). The maximum atomic E-state index is 5.47. The number of benzene rings is 1. The lowest BCUT2D eigenvalue weighted by Crippen LogP contribution is -2.36. The Morgan fingerprint density at radius 3 is 2.56 bits per heavy atom. The number of hydrogen-bond acceptors (Lipinski definition) is 6. The zero-order chi connectivity index (χ0) is 22.9. The first-order valence-corrected chi connectivity index (χ1v) is 12.3. The van der Waals surface area contributed by atoms with E-state index >= 15 is 0 Å². The van der Waals surface area contributed by atoms with Gasteiger partial charge >= 0.3 is 0 Å². The van der Waals surface area contributed by atoms with Gasteiger partial charge in [-0.15, -0.1) is 0 Å². The molecule has 0 atom stereocenters. The molecule has 0 unspecified atom stereocenters. The number of fused-ring (bicyclic) bond motifs is 1. The Balaban J connectivity index is 1.25. The minimum atomic E-state index is 0.466. The van der Waals surface area contributed by atoms with Crippen LogP contribution in [0.15, 0.2) is 49.1 Å². The molecule has 0 aliphatic carbocycles. The average Bonchev–Trinajstić information content (AvgIpc) is 3.56. The normalized spacial score (nSPS) is 18.1. The molecule has 1 aromatic carbocycles. The lowest BCUT2D eigenvalue weighted by Gasteiger charge is -2.31. The third kappa shape index (κ3) is 4.08. The highest BCUT2D eigenvalue weighted by Gasteiger charge is 2.21. The van der Waals surface area contributed by atoms with Crippen molar-refractivity contribution < 1.29 is 4.74 Å². The molecule has 0 amide bonds. The highest BCUT2D eigenvalue weighted by Crippen LogP contribution is 2.31. The van der Waals surface area contributed by atoms with Crippen LogP contribution in [0.1, 0.15) is 25.8 Å². The first-order valence-electron chi connectivity index (χ1n) is 12.3. The number of nitrogens with zero attached hydrogens (tertiary/aromatic N) is 6. The largest absolute Gasteiger partial charge is 0.378 e. The van der Waals surface area contributed by atoms with E-state index < -0.39 is 0 Å². The SMILES string of the molecule is CCN1CCC(n2cc(-c3c[nH]c4ncc(-c5ccc(N6CCOCC6)cc5)nc34)cn2)CC1. The smallest absolute Gasteiger partial charge is 0.156 e. The molecule has 5 heterocycles. The van der Waals surface area contributed by atoms with Crippen molar-refractivity contribution in [3.05, 3.63) is 49.1 Å². The van der Waals surface area contributed by atoms with E-state index in [1.807, 2.05) is 18.6 Å². The van der Waals surface area contributed by atoms with Gasteiger partial charge in [-0.3, -0.25) is 4.68 Å². The molecule has 0 bridgehead atoms. The van der Waals surface area contributed by atoms with Crippen LogP contribution in [0.3, 0.4) is 0 Å². The Hall–Kier alpha value is -3.23. The van der Waals surface area contributed by atoms with Gasteiger partial charge in [0, 0.05) is 61.0 Å². The van der Waals surface area contributed by atoms with E-state index in [0.29, 0.717) is 6.04 Å². The van der Waals surface area contributed by atoms with Gasteiger partial charge < -0.3 is 19.5 Å². The maximum absolute atomic E-state index is 5.47. The topological polar surface area (TPSA) is 75.1 Å². The molecular formula is C26H31N7O. The number of piperidine rings is 1. The van der Waals surface area contributed by atoms with Gasteiger partial charge in [-0.1, -0.05) is 19.1 Å². The average molecular weight is 458 g/mol. The number of rotatable bonds is 5. The molecule has 8 heteroatoms. The summed E-state index contributed by atoms with van der Waals surface area (Å²) in [7, 11) is 0. The number of H-pyrrole nitrogens is 1. The molecule has 176 valence electrons. The Kier molecular flexibility index (Phi) is 5.76. The van der Waals surface area contributed by atoms with Crippen LogP contribution in [0, 0.1) is 0 Å². The fourth-order valence-electron chi connectivity index (χ4n) is 5.09. The van der Waals surface area contributed by atoms with Gasteiger partial charge in [0.1, 0.15) is 5.52 Å². The predicted molar refractivity (Wildman–Crippen MR) is 134 cm³/mol. The first-order chi connectivity index (χ1) is 16.8. The Morgan fingerprint density at radius 2 is 1.79 bits per heavy atom. The van der Waals surface area contributed by atoms with Crippen molar-refractivity contribution in [3.8, 4) is 22.4 Å². The third-order valence-electron chi connectivity index (χ3n) is 7.21. The van der Waals surface area contributed by atoms with Gasteiger partial charge in [0.25, 0.3) is 0 Å². The second kappa shape index (κ2) is 9.19. The van der Waals surface area contributed by atoms with Crippen LogP contribution >= 0.6 is 0 Å². The van der Waals surface area contributed by atoms with Gasteiger partial charge in [-0.25, -0.2) is 9.97 Å². The lowest BCUT2D eigenvalue weighted by molar-refractivity contribution is 0.122. The molecule has 4 aromatic rings. The Labute approximate surface area is 199 Å². The Morgan fingerprint density at radius 1 is 1.00 bits per heavy atom. The van der Waals surface area contributed by atoms with Crippen LogP contribution in [0.25, 0.3) is 33.5 Å². The van der Waals surface area contributed by atoms with Crippen molar-refractivity contribution in [1.82, 2.24) is 29.6 Å². The van der Waals surface area contributed by atoms with E-state index in [2.05, 4.69) is 61.8 Å². The predicted octanol–water partition coefficient (Wildman–Crippen LogP) is 3.98. The van der Waals surface area contributed by atoms with Crippen LogP contribution < -0.4 is 4.90 Å². The molecule has 2 fully saturated rings. The number of aromatic nitrogens is 5. The maximum Gasteiger partial charge on any atom is 0.156 e. The number of ether oxygens (including phenoxy) is 1. The molecular weight excluding hydrogens is 426 g/mol. The molecule has 0 spiro atoms. The van der Waals surface area contributed by atoms with E-state index in [4.69, 9.17) is 14.8 Å². The summed E-state index contributed by atoms with van der Waals surface area (Å²) in [5.41, 5.74) is 6.98. The van der Waals surface area contributed by atoms with E-state index in [1.165, 1.54) is 5.69 Å². The zero-order valence-electron chi connectivity index (χ0n) is 19.7. The van der Waals surface area contributed by atoms with Crippen LogP contribution in [-0.2, 0) is 4.74 Å². The molecule has 3 aromatic heterocycles. The summed E-state index contributed by atoms with van der Waals surface area (Å²) in [4.78, 5) is 17.8. The van der Waals surface area contributed by atoms with Crippen LogP contribution in [0.5, 0.6) is 0 Å². The lowest BCUT2D eigenvalue weighted by atomic mass is 10.1. The van der Waals surface area contributed by atoms with Gasteiger partial charge in [-0.05, 0) is 31.5 Å². The number of morpholine rings is 1. The standard InChI is InChI=1S/C26H31N7O/c1-2-31-9-7-22(8-10-31)33-18-20(15-29-33)23-16-27-26-25(23)30-24(17-28-26)19-3-5-21(6-4-19)32-11-13-34-14-12-32/h3-6,15-18,22H,2,7-14H2,1H3,(H,27,28). The number of likely N-dealkylation sites (tertiary alicyclic amines) is 1. The van der Waals surface area contributed by atoms with Crippen molar-refractivity contribution in [1.29, 1.82) is 0 Å². The molecule has 0 saturated carbocycles. The molecule has 2 saturated heterocycles. The summed E-state index contributed by atoms with van der Waals surface area (Å²) in [6.07, 6.45) is 10.3. The molecule has 34 heavy (non-hydrogen) atoms. The fraction of sp³-hybridized carbons (Fsp3) is 0.423.